The molecule has 1 amide bonds. The predicted octanol–water partition coefficient (Wildman–Crippen LogP) is 2.15. The third kappa shape index (κ3) is 2.88. The van der Waals surface area contributed by atoms with Crippen LogP contribution in [0.2, 0.25) is 0 Å². The number of nitrogens with zero attached hydrogens (tertiary/aromatic N) is 5. The van der Waals surface area contributed by atoms with Gasteiger partial charge in [0.25, 0.3) is 11.7 Å². The van der Waals surface area contributed by atoms with Crippen LogP contribution in [-0.2, 0) is 0 Å². The minimum atomic E-state index is -0.112. The Morgan fingerprint density at radius 1 is 1.15 bits per heavy atom. The molecule has 2 aliphatic rings. The molecule has 2 unspecified atom stereocenters. The number of aromatic nitrogens is 4. The molecule has 2 aliphatic heterocycles. The molecule has 4 heterocycles. The number of benzene rings is 1. The largest absolute Gasteiger partial charge is 0.348 e. The Labute approximate surface area is 157 Å². The van der Waals surface area contributed by atoms with Gasteiger partial charge in [0.1, 0.15) is 12.0 Å². The minimum absolute atomic E-state index is 0.112. The molecule has 2 bridgehead atoms. The molecule has 2 fully saturated rings. The molecule has 138 valence electrons. The van der Waals surface area contributed by atoms with Crippen molar-refractivity contribution >= 4 is 11.7 Å². The lowest BCUT2D eigenvalue weighted by atomic mass is 9.98. The number of hydrogen-bond acceptors (Lipinski definition) is 5. The number of rotatable bonds is 3. The summed E-state index contributed by atoms with van der Waals surface area (Å²) in [5.41, 5.74) is 2.15. The molecular weight excluding hydrogens is 340 g/mol. The maximum absolute atomic E-state index is 13.1. The minimum Gasteiger partial charge on any atom is -0.348 e. The molecule has 2 atom stereocenters. The van der Waals surface area contributed by atoms with E-state index in [1.807, 2.05) is 30.3 Å². The summed E-state index contributed by atoms with van der Waals surface area (Å²) >= 11 is 0. The van der Waals surface area contributed by atoms with Gasteiger partial charge in [-0.05, 0) is 38.8 Å². The zero-order valence-electron chi connectivity index (χ0n) is 15.2. The molecule has 7 nitrogen and oxygen atoms in total. The van der Waals surface area contributed by atoms with Gasteiger partial charge >= 0.3 is 0 Å². The number of amides is 1. The topological polar surface area (TPSA) is 75.4 Å². The molecule has 1 aromatic carbocycles. The van der Waals surface area contributed by atoms with Gasteiger partial charge in [-0.15, -0.1) is 0 Å². The van der Waals surface area contributed by atoms with Gasteiger partial charge in [-0.1, -0.05) is 30.3 Å². The molecule has 7 heteroatoms. The van der Waals surface area contributed by atoms with Crippen LogP contribution in [0.15, 0.2) is 42.7 Å². The second-order valence-electron chi connectivity index (χ2n) is 7.56. The second kappa shape index (κ2) is 6.42. The fourth-order valence-corrected chi connectivity index (χ4v) is 4.52. The molecule has 2 saturated heterocycles. The van der Waals surface area contributed by atoms with Crippen LogP contribution in [0.25, 0.3) is 17.0 Å². The zero-order chi connectivity index (χ0) is 18.4. The summed E-state index contributed by atoms with van der Waals surface area (Å²) in [6, 6.07) is 13.0. The van der Waals surface area contributed by atoms with Crippen LogP contribution >= 0.6 is 0 Å². The molecule has 27 heavy (non-hydrogen) atoms. The van der Waals surface area contributed by atoms with Gasteiger partial charge in [-0.3, -0.25) is 4.79 Å². The molecule has 0 saturated carbocycles. The normalized spacial score (nSPS) is 25.0. The molecule has 0 aliphatic carbocycles. The Hall–Kier alpha value is -2.80. The highest BCUT2D eigenvalue weighted by Gasteiger charge is 2.39. The molecule has 0 spiro atoms. The number of carbonyl (C=O) groups excluding carboxylic acids is 1. The van der Waals surface area contributed by atoms with Crippen LogP contribution in [0.4, 0.5) is 0 Å². The highest BCUT2D eigenvalue weighted by atomic mass is 16.2. The van der Waals surface area contributed by atoms with Crippen LogP contribution in [0, 0.1) is 0 Å². The van der Waals surface area contributed by atoms with Gasteiger partial charge in [-0.25, -0.2) is 4.98 Å². The van der Waals surface area contributed by atoms with Crippen molar-refractivity contribution in [2.75, 3.05) is 7.05 Å². The van der Waals surface area contributed by atoms with Gasteiger partial charge in [0.05, 0.1) is 5.69 Å². The summed E-state index contributed by atoms with van der Waals surface area (Å²) in [5, 5.41) is 7.43. The van der Waals surface area contributed by atoms with Crippen molar-refractivity contribution in [3.05, 3.63) is 48.4 Å². The number of fused-ring (bicyclic) bond motifs is 3. The Balaban J connectivity index is 1.45. The fourth-order valence-electron chi connectivity index (χ4n) is 4.52. The van der Waals surface area contributed by atoms with Gasteiger partial charge in [-0.2, -0.15) is 14.6 Å². The van der Waals surface area contributed by atoms with Gasteiger partial charge < -0.3 is 10.2 Å². The summed E-state index contributed by atoms with van der Waals surface area (Å²) in [6.07, 6.45) is 5.91. The molecule has 1 N–H and O–H groups in total. The molecule has 2 aromatic heterocycles. The quantitative estimate of drug-likeness (QED) is 0.773. The highest BCUT2D eigenvalue weighted by Crippen LogP contribution is 2.34. The van der Waals surface area contributed by atoms with E-state index in [0.717, 1.165) is 24.1 Å². The summed E-state index contributed by atoms with van der Waals surface area (Å²) < 4.78 is 1.52. The fraction of sp³-hybridized carbons (Fsp3) is 0.400. The first kappa shape index (κ1) is 16.4. The monoisotopic (exact) mass is 362 g/mol. The number of carbonyl (C=O) groups is 1. The summed E-state index contributed by atoms with van der Waals surface area (Å²) in [5.74, 6) is 0.323. The van der Waals surface area contributed by atoms with E-state index >= 15 is 0 Å². The van der Waals surface area contributed by atoms with Crippen LogP contribution in [0.5, 0.6) is 0 Å². The molecule has 0 radical (unpaired) electrons. The van der Waals surface area contributed by atoms with E-state index in [-0.39, 0.29) is 11.9 Å². The Bertz CT molecular complexity index is 971. The van der Waals surface area contributed by atoms with E-state index in [9.17, 15) is 4.79 Å². The maximum Gasteiger partial charge on any atom is 0.270 e. The van der Waals surface area contributed by atoms with Crippen LogP contribution in [0.1, 0.15) is 36.2 Å². The van der Waals surface area contributed by atoms with Crippen LogP contribution in [0.3, 0.4) is 0 Å². The van der Waals surface area contributed by atoms with Crippen molar-refractivity contribution in [3.8, 4) is 11.3 Å². The predicted molar refractivity (Wildman–Crippen MR) is 101 cm³/mol. The Kier molecular flexibility index (Phi) is 3.89. The van der Waals surface area contributed by atoms with E-state index in [1.165, 1.54) is 23.7 Å². The number of hydrogen-bond donors (Lipinski definition) is 1. The first-order valence-corrected chi connectivity index (χ1v) is 9.48. The van der Waals surface area contributed by atoms with E-state index in [1.54, 1.807) is 6.07 Å². The zero-order valence-corrected chi connectivity index (χ0v) is 15.2. The van der Waals surface area contributed by atoms with Crippen LogP contribution in [-0.4, -0.2) is 55.6 Å². The average Bonchev–Trinajstić information content (AvgIpc) is 3.23. The second-order valence-corrected chi connectivity index (χ2v) is 7.56. The van der Waals surface area contributed by atoms with Crippen LogP contribution < -0.4 is 5.32 Å². The number of nitrogens with one attached hydrogen (secondary N) is 1. The molecule has 3 aromatic rings. The van der Waals surface area contributed by atoms with Gasteiger partial charge in [0.15, 0.2) is 0 Å². The van der Waals surface area contributed by atoms with Crippen molar-refractivity contribution < 1.29 is 4.79 Å². The molecule has 5 rings (SSSR count). The van der Waals surface area contributed by atoms with Gasteiger partial charge in [0.2, 0.25) is 0 Å². The molecular formula is C20H22N6O. The van der Waals surface area contributed by atoms with Crippen molar-refractivity contribution in [2.45, 2.75) is 43.8 Å². The van der Waals surface area contributed by atoms with Crippen molar-refractivity contribution in [2.24, 2.45) is 0 Å². The van der Waals surface area contributed by atoms with E-state index in [4.69, 9.17) is 0 Å². The maximum atomic E-state index is 13.1. The summed E-state index contributed by atoms with van der Waals surface area (Å²) in [7, 11) is 2.20. The average molecular weight is 362 g/mol. The first-order chi connectivity index (χ1) is 13.2. The highest BCUT2D eigenvalue weighted by molar-refractivity contribution is 5.94. The lowest BCUT2D eigenvalue weighted by Gasteiger charge is -2.36. The lowest BCUT2D eigenvalue weighted by Crippen LogP contribution is -2.49. The third-order valence-corrected chi connectivity index (χ3v) is 5.99. The smallest absolute Gasteiger partial charge is 0.270 e. The van der Waals surface area contributed by atoms with Crippen molar-refractivity contribution in [1.29, 1.82) is 0 Å². The standard InChI is InChI=1S/C20H22N6O/c1-25-15-7-8-16(25)10-14(9-15)23-19(27)18-11-17(13-5-3-2-4-6-13)24-20-21-12-22-26(18)20/h2-6,11-12,14-16H,7-10H2,1H3,(H,23,27). The summed E-state index contributed by atoms with van der Waals surface area (Å²) in [4.78, 5) is 24.3. The third-order valence-electron chi connectivity index (χ3n) is 5.99. The Morgan fingerprint density at radius 3 is 2.63 bits per heavy atom. The van der Waals surface area contributed by atoms with E-state index in [0.29, 0.717) is 23.6 Å². The van der Waals surface area contributed by atoms with Crippen molar-refractivity contribution in [1.82, 2.24) is 29.8 Å². The first-order valence-electron chi connectivity index (χ1n) is 9.48. The lowest BCUT2D eigenvalue weighted by molar-refractivity contribution is 0.0875. The van der Waals surface area contributed by atoms with E-state index < -0.39 is 0 Å². The van der Waals surface area contributed by atoms with E-state index in [2.05, 4.69) is 32.3 Å². The van der Waals surface area contributed by atoms with Crippen molar-refractivity contribution in [3.63, 3.8) is 0 Å². The summed E-state index contributed by atoms with van der Waals surface area (Å²) in [6.45, 7) is 0. The Morgan fingerprint density at radius 2 is 1.89 bits per heavy atom. The number of piperidine rings is 1. The SMILES string of the molecule is CN1C2CCC1CC(NC(=O)c1cc(-c3ccccc3)nc3ncnn13)C2. The van der Waals surface area contributed by atoms with Gasteiger partial charge in [0, 0.05) is 23.7 Å².